The van der Waals surface area contributed by atoms with Gasteiger partial charge in [0.05, 0.1) is 65.6 Å². The zero-order valence-electron chi connectivity index (χ0n) is 15.9. The molecule has 28 heavy (non-hydrogen) atoms. The zero-order valence-corrected chi connectivity index (χ0v) is 15.9. The first kappa shape index (κ1) is 22.2. The van der Waals surface area contributed by atoms with Gasteiger partial charge in [0.2, 0.25) is 11.6 Å². The number of hydrogen-bond acceptors (Lipinski definition) is 11. The minimum Gasteiger partial charge on any atom is -0.382 e. The molecular formula is C16H27N5O7. The van der Waals surface area contributed by atoms with E-state index in [0.717, 1.165) is 4.57 Å². The highest BCUT2D eigenvalue weighted by Crippen LogP contribution is 2.15. The van der Waals surface area contributed by atoms with E-state index in [9.17, 15) is 9.70 Å². The molecule has 2 heterocycles. The Morgan fingerprint density at radius 3 is 2.25 bits per heavy atom. The van der Waals surface area contributed by atoms with Crippen molar-refractivity contribution >= 4 is 17.5 Å². The van der Waals surface area contributed by atoms with Gasteiger partial charge in [-0.3, -0.25) is 9.36 Å². The van der Waals surface area contributed by atoms with Crippen molar-refractivity contribution in [2.24, 2.45) is 12.2 Å². The molecule has 1 saturated heterocycles. The quantitative estimate of drug-likeness (QED) is 0.640. The number of ether oxygens (including phenoxy) is 5. The first-order valence-corrected chi connectivity index (χ1v) is 8.99. The summed E-state index contributed by atoms with van der Waals surface area (Å²) in [5.74, 6) is -0.0290. The summed E-state index contributed by atoms with van der Waals surface area (Å²) in [6.45, 7) is 4.25. The second kappa shape index (κ2) is 12.4. The van der Waals surface area contributed by atoms with Gasteiger partial charge in [-0.2, -0.15) is 4.98 Å². The van der Waals surface area contributed by atoms with Gasteiger partial charge in [-0.15, -0.1) is 4.91 Å². The SMILES string of the molecule is Cn1c(NCC2COCCOCCOCCOCCO2)nc(N)c(N=O)c1=O. The van der Waals surface area contributed by atoms with Crippen LogP contribution in [-0.2, 0) is 30.7 Å². The molecule has 12 heteroatoms. The maximum Gasteiger partial charge on any atom is 0.286 e. The average molecular weight is 401 g/mol. The fourth-order valence-electron chi connectivity index (χ4n) is 2.37. The Kier molecular flexibility index (Phi) is 9.79. The Hall–Kier alpha value is -2.12. The lowest BCUT2D eigenvalue weighted by Gasteiger charge is -2.20. The molecule has 0 bridgehead atoms. The number of hydrogen-bond donors (Lipinski definition) is 2. The first-order chi connectivity index (χ1) is 13.6. The molecule has 1 atom stereocenters. The third-order valence-corrected chi connectivity index (χ3v) is 3.87. The molecule has 1 unspecified atom stereocenters. The first-order valence-electron chi connectivity index (χ1n) is 8.99. The van der Waals surface area contributed by atoms with Crippen LogP contribution in [0.2, 0.25) is 0 Å². The van der Waals surface area contributed by atoms with Crippen molar-refractivity contribution in [2.75, 3.05) is 77.1 Å². The van der Waals surface area contributed by atoms with E-state index in [0.29, 0.717) is 66.0 Å². The number of anilines is 2. The van der Waals surface area contributed by atoms with Crippen LogP contribution in [-0.4, -0.2) is 81.7 Å². The van der Waals surface area contributed by atoms with Crippen LogP contribution in [0.15, 0.2) is 9.97 Å². The average Bonchev–Trinajstić information content (AvgIpc) is 2.69. The molecule has 2 rings (SSSR count). The lowest BCUT2D eigenvalue weighted by atomic mass is 10.3. The second-order valence-electron chi connectivity index (χ2n) is 5.91. The number of nitrogens with two attached hydrogens (primary N) is 1. The molecule has 0 amide bonds. The molecule has 12 nitrogen and oxygen atoms in total. The highest BCUT2D eigenvalue weighted by molar-refractivity contribution is 5.58. The van der Waals surface area contributed by atoms with Crippen molar-refractivity contribution in [3.63, 3.8) is 0 Å². The van der Waals surface area contributed by atoms with E-state index < -0.39 is 11.2 Å². The largest absolute Gasteiger partial charge is 0.382 e. The molecular weight excluding hydrogens is 374 g/mol. The third-order valence-electron chi connectivity index (χ3n) is 3.87. The van der Waals surface area contributed by atoms with E-state index in [1.54, 1.807) is 0 Å². The lowest BCUT2D eigenvalue weighted by Crippen LogP contribution is -2.32. The molecule has 0 aliphatic carbocycles. The number of nitrogen functional groups attached to an aromatic ring is 1. The number of nitrogens with zero attached hydrogens (tertiary/aromatic N) is 3. The van der Waals surface area contributed by atoms with Gasteiger partial charge in [0.1, 0.15) is 0 Å². The molecule has 3 N–H and O–H groups in total. The molecule has 158 valence electrons. The fraction of sp³-hybridized carbons (Fsp3) is 0.750. The van der Waals surface area contributed by atoms with Crippen molar-refractivity contribution in [3.05, 3.63) is 15.3 Å². The normalized spacial score (nSPS) is 20.7. The van der Waals surface area contributed by atoms with Crippen LogP contribution < -0.4 is 16.6 Å². The summed E-state index contributed by atoms with van der Waals surface area (Å²) in [4.78, 5) is 26.8. The van der Waals surface area contributed by atoms with Crippen LogP contribution >= 0.6 is 0 Å². The predicted molar refractivity (Wildman–Crippen MR) is 101 cm³/mol. The maximum absolute atomic E-state index is 12.0. The number of nitroso groups, excluding NO2 is 1. The Labute approximate surface area is 162 Å². The minimum absolute atomic E-state index is 0.200. The summed E-state index contributed by atoms with van der Waals surface area (Å²) >= 11 is 0. The van der Waals surface area contributed by atoms with Gasteiger partial charge in [0.25, 0.3) is 5.56 Å². The van der Waals surface area contributed by atoms with Gasteiger partial charge in [0.15, 0.2) is 5.82 Å². The Morgan fingerprint density at radius 2 is 1.64 bits per heavy atom. The van der Waals surface area contributed by atoms with Crippen molar-refractivity contribution in [3.8, 4) is 0 Å². The van der Waals surface area contributed by atoms with Gasteiger partial charge in [0, 0.05) is 13.6 Å². The Bertz CT molecular complexity index is 654. The summed E-state index contributed by atoms with van der Waals surface area (Å²) in [5, 5.41) is 5.61. The molecule has 0 saturated carbocycles. The standard InChI is InChI=1S/C16H27N5O7/c1-21-15(22)13(20-23)14(17)19-16(21)18-10-12-11-27-7-6-25-3-2-24-4-5-26-8-9-28-12/h12H,2-11,17H2,1H3,(H,18,19). The van der Waals surface area contributed by atoms with Crippen molar-refractivity contribution in [2.45, 2.75) is 6.10 Å². The molecule has 1 aromatic heterocycles. The topological polar surface area (TPSA) is 149 Å². The summed E-state index contributed by atoms with van der Waals surface area (Å²) in [7, 11) is 1.47. The predicted octanol–water partition coefficient (Wildman–Crippen LogP) is -0.362. The minimum atomic E-state index is -0.628. The monoisotopic (exact) mass is 401 g/mol. The van der Waals surface area contributed by atoms with E-state index in [4.69, 9.17) is 29.4 Å². The summed E-state index contributed by atoms with van der Waals surface area (Å²) in [6, 6.07) is 0. The van der Waals surface area contributed by atoms with E-state index in [-0.39, 0.29) is 17.9 Å². The van der Waals surface area contributed by atoms with Gasteiger partial charge < -0.3 is 34.7 Å². The van der Waals surface area contributed by atoms with Gasteiger partial charge >= 0.3 is 0 Å². The molecule has 1 aliphatic heterocycles. The smallest absolute Gasteiger partial charge is 0.286 e. The molecule has 0 spiro atoms. The van der Waals surface area contributed by atoms with E-state index in [1.165, 1.54) is 7.05 Å². The lowest BCUT2D eigenvalue weighted by molar-refractivity contribution is -0.0400. The molecule has 1 aromatic rings. The van der Waals surface area contributed by atoms with Crippen molar-refractivity contribution in [1.29, 1.82) is 0 Å². The summed E-state index contributed by atoms with van der Waals surface area (Å²) < 4.78 is 28.7. The van der Waals surface area contributed by atoms with Crippen LogP contribution in [0.25, 0.3) is 0 Å². The van der Waals surface area contributed by atoms with E-state index in [2.05, 4.69) is 15.5 Å². The maximum atomic E-state index is 12.0. The third kappa shape index (κ3) is 7.13. The van der Waals surface area contributed by atoms with Crippen LogP contribution in [0.3, 0.4) is 0 Å². The molecule has 1 fully saturated rings. The molecule has 0 aromatic carbocycles. The summed E-state index contributed by atoms with van der Waals surface area (Å²) in [6.07, 6.45) is -0.327. The Balaban J connectivity index is 1.93. The van der Waals surface area contributed by atoms with Gasteiger partial charge in [-0.1, -0.05) is 0 Å². The number of rotatable bonds is 4. The number of aromatic nitrogens is 2. The van der Waals surface area contributed by atoms with Crippen LogP contribution in [0.5, 0.6) is 0 Å². The highest BCUT2D eigenvalue weighted by Gasteiger charge is 2.15. The zero-order chi connectivity index (χ0) is 20.2. The fourth-order valence-corrected chi connectivity index (χ4v) is 2.37. The summed E-state index contributed by atoms with van der Waals surface area (Å²) in [5.41, 5.74) is 4.57. The molecule has 0 radical (unpaired) electrons. The van der Waals surface area contributed by atoms with Crippen LogP contribution in [0.1, 0.15) is 0 Å². The van der Waals surface area contributed by atoms with Crippen molar-refractivity contribution < 1.29 is 23.7 Å². The van der Waals surface area contributed by atoms with Gasteiger partial charge in [-0.05, 0) is 5.18 Å². The van der Waals surface area contributed by atoms with Crippen molar-refractivity contribution in [1.82, 2.24) is 9.55 Å². The highest BCUT2D eigenvalue weighted by atomic mass is 16.6. The second-order valence-corrected chi connectivity index (χ2v) is 5.91. The van der Waals surface area contributed by atoms with Gasteiger partial charge in [-0.25, -0.2) is 0 Å². The number of nitrogens with one attached hydrogen (secondary N) is 1. The van der Waals surface area contributed by atoms with E-state index in [1.807, 2.05) is 0 Å². The van der Waals surface area contributed by atoms with Crippen LogP contribution in [0.4, 0.5) is 17.5 Å². The van der Waals surface area contributed by atoms with Crippen LogP contribution in [0, 0.1) is 4.91 Å². The molecule has 1 aliphatic rings. The van der Waals surface area contributed by atoms with E-state index >= 15 is 0 Å². The Morgan fingerprint density at radius 1 is 1.07 bits per heavy atom.